The minimum absolute atomic E-state index is 0.808. The van der Waals surface area contributed by atoms with Gasteiger partial charge in [-0.15, -0.1) is 0 Å². The van der Waals surface area contributed by atoms with Crippen LogP contribution in [0.3, 0.4) is 0 Å². The molecule has 0 heterocycles. The van der Waals surface area contributed by atoms with Crippen molar-refractivity contribution < 1.29 is 0 Å². The fourth-order valence-corrected chi connectivity index (χ4v) is 0.834. The summed E-state index contributed by atoms with van der Waals surface area (Å²) in [6.07, 6.45) is 1.26. The van der Waals surface area contributed by atoms with E-state index >= 15 is 0 Å². The van der Waals surface area contributed by atoms with E-state index in [2.05, 4.69) is 38.4 Å². The number of nitrogens with zero attached hydrogens (tertiary/aromatic N) is 1. The van der Waals surface area contributed by atoms with Crippen LogP contribution in [-0.4, -0.2) is 24.4 Å². The smallest absolute Gasteiger partial charge is 0.0411 e. The Balaban J connectivity index is 3.22. The minimum Gasteiger partial charge on any atom is -0.297 e. The Labute approximate surface area is 63.8 Å². The van der Waals surface area contributed by atoms with Crippen LogP contribution in [0.1, 0.15) is 20.3 Å². The predicted octanol–water partition coefficient (Wildman–Crippen LogP) is 1.85. The third-order valence-corrected chi connectivity index (χ3v) is 2.04. The van der Waals surface area contributed by atoms with Crippen molar-refractivity contribution in [1.29, 1.82) is 0 Å². The van der Waals surface area contributed by atoms with E-state index in [1.54, 1.807) is 0 Å². The van der Waals surface area contributed by atoms with Crippen molar-refractivity contribution in [2.45, 2.75) is 20.3 Å². The minimum atomic E-state index is 0.808. The van der Waals surface area contributed by atoms with Gasteiger partial charge in [0.05, 0.1) is 0 Å². The lowest BCUT2D eigenvalue weighted by Crippen LogP contribution is -2.22. The zero-order valence-corrected chi connectivity index (χ0v) is 7.49. The summed E-state index contributed by atoms with van der Waals surface area (Å²) in [5.41, 5.74) is 0. The van der Waals surface area contributed by atoms with Gasteiger partial charge in [0.1, 0.15) is 0 Å². The molecule has 0 N–H and O–H groups in total. The number of hydrogen-bond acceptors (Lipinski definition) is 2. The lowest BCUT2D eigenvalue weighted by molar-refractivity contribution is 0.324. The average molecular weight is 147 g/mol. The Morgan fingerprint density at radius 1 is 1.56 bits per heavy atom. The molecule has 0 aromatic carbocycles. The largest absolute Gasteiger partial charge is 0.297 e. The van der Waals surface area contributed by atoms with Crippen molar-refractivity contribution in [3.05, 3.63) is 0 Å². The summed E-state index contributed by atoms with van der Waals surface area (Å²) in [6, 6.07) is 0. The second-order valence-corrected chi connectivity index (χ2v) is 2.98. The van der Waals surface area contributed by atoms with Crippen LogP contribution >= 0.6 is 12.6 Å². The van der Waals surface area contributed by atoms with Crippen LogP contribution in [0.5, 0.6) is 0 Å². The molecule has 0 aromatic rings. The molecule has 0 aromatic heterocycles. The van der Waals surface area contributed by atoms with Crippen LogP contribution in [0.25, 0.3) is 0 Å². The summed E-state index contributed by atoms with van der Waals surface area (Å²) in [4.78, 5) is 2.22. The molecule has 0 fully saturated rings. The second kappa shape index (κ2) is 5.12. The first-order valence-corrected chi connectivity index (χ1v) is 4.13. The molecule has 0 radical (unpaired) electrons. The van der Waals surface area contributed by atoms with Gasteiger partial charge in [0.25, 0.3) is 0 Å². The van der Waals surface area contributed by atoms with Crippen LogP contribution in [0.2, 0.25) is 0 Å². The van der Waals surface area contributed by atoms with Gasteiger partial charge in [0.2, 0.25) is 0 Å². The van der Waals surface area contributed by atoms with E-state index in [0.717, 1.165) is 11.8 Å². The quantitative estimate of drug-likeness (QED) is 0.469. The zero-order valence-electron chi connectivity index (χ0n) is 6.59. The van der Waals surface area contributed by atoms with E-state index in [-0.39, 0.29) is 0 Å². The van der Waals surface area contributed by atoms with E-state index < -0.39 is 0 Å². The predicted molar refractivity (Wildman–Crippen MR) is 45.9 cm³/mol. The molecule has 0 aliphatic rings. The lowest BCUT2D eigenvalue weighted by Gasteiger charge is -2.17. The molecule has 0 saturated heterocycles. The van der Waals surface area contributed by atoms with Crippen molar-refractivity contribution in [3.63, 3.8) is 0 Å². The van der Waals surface area contributed by atoms with Crippen molar-refractivity contribution in [3.8, 4) is 0 Å². The Morgan fingerprint density at radius 3 is 2.44 bits per heavy atom. The Kier molecular flexibility index (Phi) is 5.30. The van der Waals surface area contributed by atoms with Crippen molar-refractivity contribution in [2.24, 2.45) is 5.92 Å². The Hall–Kier alpha value is 0.310. The fraction of sp³-hybridized carbons (Fsp3) is 1.00. The van der Waals surface area contributed by atoms with Gasteiger partial charge in [-0.05, 0) is 13.0 Å². The summed E-state index contributed by atoms with van der Waals surface area (Å²) in [6.45, 7) is 5.65. The monoisotopic (exact) mass is 147 g/mol. The van der Waals surface area contributed by atoms with E-state index in [1.165, 1.54) is 13.0 Å². The van der Waals surface area contributed by atoms with E-state index in [9.17, 15) is 0 Å². The van der Waals surface area contributed by atoms with E-state index in [1.807, 2.05) is 0 Å². The van der Waals surface area contributed by atoms with Crippen LogP contribution in [0.4, 0.5) is 0 Å². The van der Waals surface area contributed by atoms with Gasteiger partial charge in [-0.3, -0.25) is 4.90 Å². The van der Waals surface area contributed by atoms with Crippen molar-refractivity contribution in [2.75, 3.05) is 19.5 Å². The van der Waals surface area contributed by atoms with Gasteiger partial charge in [-0.1, -0.05) is 20.3 Å². The normalized spacial score (nSPS) is 14.3. The van der Waals surface area contributed by atoms with Crippen LogP contribution in [0, 0.1) is 5.92 Å². The van der Waals surface area contributed by atoms with Gasteiger partial charge in [0.15, 0.2) is 0 Å². The maximum atomic E-state index is 4.15. The molecule has 0 spiro atoms. The molecule has 0 saturated carbocycles. The Bertz CT molecular complexity index is 57.9. The summed E-state index contributed by atoms with van der Waals surface area (Å²) >= 11 is 4.15. The van der Waals surface area contributed by atoms with E-state index in [0.29, 0.717) is 0 Å². The first kappa shape index (κ1) is 9.31. The maximum Gasteiger partial charge on any atom is 0.0411 e. The molecule has 9 heavy (non-hydrogen) atoms. The molecule has 0 aliphatic heterocycles. The third-order valence-electron chi connectivity index (χ3n) is 1.56. The molecular weight excluding hydrogens is 130 g/mol. The van der Waals surface area contributed by atoms with Crippen LogP contribution in [0.15, 0.2) is 0 Å². The fourth-order valence-electron chi connectivity index (χ4n) is 0.719. The summed E-state index contributed by atoms with van der Waals surface area (Å²) in [5.74, 6) is 1.67. The average Bonchev–Trinajstić information content (AvgIpc) is 1.87. The van der Waals surface area contributed by atoms with Gasteiger partial charge >= 0.3 is 0 Å². The molecule has 0 amide bonds. The highest BCUT2D eigenvalue weighted by molar-refractivity contribution is 7.80. The molecule has 2 heteroatoms. The zero-order chi connectivity index (χ0) is 7.28. The molecule has 1 nitrogen and oxygen atoms in total. The highest BCUT2D eigenvalue weighted by Crippen LogP contribution is 2.02. The van der Waals surface area contributed by atoms with Crippen molar-refractivity contribution >= 4 is 12.6 Å². The van der Waals surface area contributed by atoms with E-state index in [4.69, 9.17) is 0 Å². The van der Waals surface area contributed by atoms with Crippen molar-refractivity contribution in [1.82, 2.24) is 4.90 Å². The first-order chi connectivity index (χ1) is 4.20. The number of thiol groups is 1. The topological polar surface area (TPSA) is 3.24 Å². The van der Waals surface area contributed by atoms with Gasteiger partial charge < -0.3 is 0 Å². The second-order valence-electron chi connectivity index (χ2n) is 2.69. The maximum absolute atomic E-state index is 4.15. The standard InChI is InChI=1S/C7H17NS/c1-4-7(2)5-8(3)6-9/h7,9H,4-6H2,1-3H3. The highest BCUT2D eigenvalue weighted by atomic mass is 32.1. The molecule has 0 rings (SSSR count). The molecular formula is C7H17NS. The van der Waals surface area contributed by atoms with Gasteiger partial charge in [0, 0.05) is 12.4 Å². The lowest BCUT2D eigenvalue weighted by atomic mass is 10.1. The van der Waals surface area contributed by atoms with Crippen LogP contribution < -0.4 is 0 Å². The summed E-state index contributed by atoms with van der Waals surface area (Å²) < 4.78 is 0. The molecule has 1 atom stereocenters. The first-order valence-electron chi connectivity index (χ1n) is 3.50. The number of rotatable bonds is 4. The molecule has 0 aliphatic carbocycles. The molecule has 0 bridgehead atoms. The highest BCUT2D eigenvalue weighted by Gasteiger charge is 2.00. The molecule has 1 unspecified atom stereocenters. The summed E-state index contributed by atoms with van der Waals surface area (Å²) in [5, 5.41) is 0. The Morgan fingerprint density at radius 2 is 2.11 bits per heavy atom. The SMILES string of the molecule is CCC(C)CN(C)CS. The van der Waals surface area contributed by atoms with Gasteiger partial charge in [-0.25, -0.2) is 0 Å². The summed E-state index contributed by atoms with van der Waals surface area (Å²) in [7, 11) is 2.10. The third kappa shape index (κ3) is 4.79. The molecule has 56 valence electrons. The van der Waals surface area contributed by atoms with Gasteiger partial charge in [-0.2, -0.15) is 12.6 Å². The van der Waals surface area contributed by atoms with Crippen LogP contribution in [-0.2, 0) is 0 Å². The number of hydrogen-bond donors (Lipinski definition) is 1.